The molecule has 0 unspecified atom stereocenters. The van der Waals surface area contributed by atoms with Gasteiger partial charge in [0.2, 0.25) is 11.4 Å². The summed E-state index contributed by atoms with van der Waals surface area (Å²) in [6, 6.07) is 6.77. The van der Waals surface area contributed by atoms with Gasteiger partial charge >= 0.3 is 11.9 Å². The Bertz CT molecular complexity index is 520. The molecule has 0 saturated carbocycles. The standard InChI is InChI=1S/C12H12O7/c1-11(18,9(14)15)12(19,10(16)17)8(13)7-5-3-2-4-6-7/h2-6,18-19H,1H3,(H,14,15)(H,16,17)/t11-,12-/m1/s1. The van der Waals surface area contributed by atoms with Crippen molar-refractivity contribution in [1.29, 1.82) is 0 Å². The van der Waals surface area contributed by atoms with E-state index in [-0.39, 0.29) is 5.56 Å². The summed E-state index contributed by atoms with van der Waals surface area (Å²) in [5, 5.41) is 37.3. The largest absolute Gasteiger partial charge is 0.479 e. The second-order valence-corrected chi connectivity index (χ2v) is 4.09. The number of aliphatic carboxylic acids is 2. The van der Waals surface area contributed by atoms with Crippen LogP contribution in [0.25, 0.3) is 0 Å². The fourth-order valence-corrected chi connectivity index (χ4v) is 1.48. The molecule has 0 aliphatic carbocycles. The summed E-state index contributed by atoms with van der Waals surface area (Å²) in [6.45, 7) is 0.546. The van der Waals surface area contributed by atoms with Crippen molar-refractivity contribution in [3.63, 3.8) is 0 Å². The number of hydrogen-bond donors (Lipinski definition) is 4. The van der Waals surface area contributed by atoms with E-state index in [1.54, 1.807) is 6.07 Å². The summed E-state index contributed by atoms with van der Waals surface area (Å²) in [6.07, 6.45) is 0. The van der Waals surface area contributed by atoms with Crippen LogP contribution in [0.4, 0.5) is 0 Å². The van der Waals surface area contributed by atoms with Gasteiger partial charge in [-0.25, -0.2) is 9.59 Å². The molecule has 0 aliphatic rings. The summed E-state index contributed by atoms with van der Waals surface area (Å²) in [4.78, 5) is 34.0. The Morgan fingerprint density at radius 1 is 0.947 bits per heavy atom. The molecule has 2 atom stereocenters. The predicted octanol–water partition coefficient (Wildman–Crippen LogP) is -0.479. The topological polar surface area (TPSA) is 132 Å². The highest BCUT2D eigenvalue weighted by atomic mass is 16.5. The lowest BCUT2D eigenvalue weighted by molar-refractivity contribution is -0.193. The first kappa shape index (κ1) is 14.8. The van der Waals surface area contributed by atoms with E-state index >= 15 is 0 Å². The van der Waals surface area contributed by atoms with Crippen LogP contribution in [-0.4, -0.2) is 49.4 Å². The van der Waals surface area contributed by atoms with Crippen molar-refractivity contribution < 1.29 is 34.8 Å². The number of carbonyl (C=O) groups is 3. The van der Waals surface area contributed by atoms with Crippen molar-refractivity contribution in [3.05, 3.63) is 35.9 Å². The number of ketones is 1. The molecule has 0 aliphatic heterocycles. The fourth-order valence-electron chi connectivity index (χ4n) is 1.48. The maximum atomic E-state index is 12.0. The monoisotopic (exact) mass is 268 g/mol. The summed E-state index contributed by atoms with van der Waals surface area (Å²) < 4.78 is 0. The van der Waals surface area contributed by atoms with Crippen LogP contribution in [0.5, 0.6) is 0 Å². The van der Waals surface area contributed by atoms with E-state index in [9.17, 15) is 24.6 Å². The molecule has 102 valence electrons. The highest BCUT2D eigenvalue weighted by molar-refractivity contribution is 6.18. The van der Waals surface area contributed by atoms with Crippen molar-refractivity contribution in [2.45, 2.75) is 18.1 Å². The lowest BCUT2D eigenvalue weighted by atomic mass is 9.78. The zero-order valence-electron chi connectivity index (χ0n) is 9.90. The van der Waals surface area contributed by atoms with Gasteiger partial charge in [0.1, 0.15) is 0 Å². The molecular formula is C12H12O7. The van der Waals surface area contributed by atoms with Gasteiger partial charge in [0, 0.05) is 5.56 Å². The summed E-state index contributed by atoms with van der Waals surface area (Å²) >= 11 is 0. The third-order valence-electron chi connectivity index (χ3n) is 2.80. The summed E-state index contributed by atoms with van der Waals surface area (Å²) in [5.74, 6) is -5.58. The van der Waals surface area contributed by atoms with Crippen molar-refractivity contribution in [2.24, 2.45) is 0 Å². The molecule has 0 saturated heterocycles. The Morgan fingerprint density at radius 2 is 1.42 bits per heavy atom. The molecule has 1 aromatic carbocycles. The van der Waals surface area contributed by atoms with Gasteiger partial charge in [-0.05, 0) is 6.92 Å². The number of aliphatic hydroxyl groups is 2. The van der Waals surface area contributed by atoms with Crippen molar-refractivity contribution in [2.75, 3.05) is 0 Å². The van der Waals surface area contributed by atoms with Gasteiger partial charge in [-0.2, -0.15) is 0 Å². The van der Waals surface area contributed by atoms with Crippen molar-refractivity contribution in [3.8, 4) is 0 Å². The molecule has 0 radical (unpaired) electrons. The van der Waals surface area contributed by atoms with Crippen LogP contribution in [0.2, 0.25) is 0 Å². The summed E-state index contributed by atoms with van der Waals surface area (Å²) in [5.41, 5.74) is -6.89. The van der Waals surface area contributed by atoms with Crippen LogP contribution >= 0.6 is 0 Å². The van der Waals surface area contributed by atoms with Gasteiger partial charge in [0.25, 0.3) is 5.60 Å². The van der Waals surface area contributed by atoms with Gasteiger partial charge in [0.15, 0.2) is 0 Å². The molecule has 0 fully saturated rings. The number of carboxylic acid groups (broad SMARTS) is 2. The first-order chi connectivity index (χ1) is 8.65. The van der Waals surface area contributed by atoms with Crippen molar-refractivity contribution >= 4 is 17.7 Å². The molecule has 7 heteroatoms. The van der Waals surface area contributed by atoms with Gasteiger partial charge in [0.05, 0.1) is 0 Å². The molecule has 4 N–H and O–H groups in total. The van der Waals surface area contributed by atoms with Crippen molar-refractivity contribution in [1.82, 2.24) is 0 Å². The van der Waals surface area contributed by atoms with Crippen LogP contribution in [0.3, 0.4) is 0 Å². The Balaban J connectivity index is 3.41. The molecule has 19 heavy (non-hydrogen) atoms. The minimum Gasteiger partial charge on any atom is -0.479 e. The second kappa shape index (κ2) is 4.79. The minimum absolute atomic E-state index is 0.228. The third-order valence-corrected chi connectivity index (χ3v) is 2.80. The number of carboxylic acids is 2. The molecule has 7 nitrogen and oxygen atoms in total. The Hall–Kier alpha value is -2.25. The molecule has 0 bridgehead atoms. The highest BCUT2D eigenvalue weighted by Gasteiger charge is 2.62. The van der Waals surface area contributed by atoms with E-state index in [0.717, 1.165) is 0 Å². The van der Waals surface area contributed by atoms with Crippen LogP contribution in [0, 0.1) is 0 Å². The number of carbonyl (C=O) groups excluding carboxylic acids is 1. The molecule has 0 aromatic heterocycles. The zero-order chi connectivity index (χ0) is 14.8. The molecule has 0 heterocycles. The first-order valence-corrected chi connectivity index (χ1v) is 5.17. The Labute approximate surface area is 107 Å². The molecule has 1 aromatic rings. The van der Waals surface area contributed by atoms with E-state index in [1.807, 2.05) is 0 Å². The highest BCUT2D eigenvalue weighted by Crippen LogP contribution is 2.27. The van der Waals surface area contributed by atoms with E-state index in [1.165, 1.54) is 24.3 Å². The first-order valence-electron chi connectivity index (χ1n) is 5.17. The normalized spacial score (nSPS) is 17.0. The Kier molecular flexibility index (Phi) is 3.73. The van der Waals surface area contributed by atoms with Crippen LogP contribution in [0.15, 0.2) is 30.3 Å². The van der Waals surface area contributed by atoms with Gasteiger partial charge < -0.3 is 20.4 Å². The third kappa shape index (κ3) is 2.20. The van der Waals surface area contributed by atoms with E-state index < -0.39 is 28.9 Å². The molecule has 1 rings (SSSR count). The van der Waals surface area contributed by atoms with Crippen LogP contribution in [0.1, 0.15) is 17.3 Å². The lowest BCUT2D eigenvalue weighted by Gasteiger charge is -2.32. The number of Topliss-reactive ketones (excluding diaryl/α,β-unsaturated/α-hetero) is 1. The predicted molar refractivity (Wildman–Crippen MR) is 61.6 cm³/mol. The minimum atomic E-state index is -3.49. The smallest absolute Gasteiger partial charge is 0.347 e. The van der Waals surface area contributed by atoms with Crippen LogP contribution < -0.4 is 0 Å². The molecule has 0 spiro atoms. The number of hydrogen-bond acceptors (Lipinski definition) is 5. The second-order valence-electron chi connectivity index (χ2n) is 4.09. The van der Waals surface area contributed by atoms with E-state index in [4.69, 9.17) is 10.2 Å². The van der Waals surface area contributed by atoms with Gasteiger partial charge in [-0.3, -0.25) is 4.79 Å². The lowest BCUT2D eigenvalue weighted by Crippen LogP contribution is -2.66. The quantitative estimate of drug-likeness (QED) is 0.419. The maximum Gasteiger partial charge on any atom is 0.347 e. The van der Waals surface area contributed by atoms with Crippen LogP contribution in [-0.2, 0) is 9.59 Å². The fraction of sp³-hybridized carbons (Fsp3) is 0.250. The van der Waals surface area contributed by atoms with Gasteiger partial charge in [-0.15, -0.1) is 0 Å². The van der Waals surface area contributed by atoms with E-state index in [2.05, 4.69) is 0 Å². The average molecular weight is 268 g/mol. The average Bonchev–Trinajstić information content (AvgIpc) is 2.37. The molecule has 0 amide bonds. The maximum absolute atomic E-state index is 12.0. The SMILES string of the molecule is C[C@@](O)(C(=O)O)[C@](O)(C(=O)O)C(=O)c1ccccc1. The molecular weight excluding hydrogens is 256 g/mol. The van der Waals surface area contributed by atoms with E-state index in [0.29, 0.717) is 6.92 Å². The van der Waals surface area contributed by atoms with Gasteiger partial charge in [-0.1, -0.05) is 30.3 Å². The Morgan fingerprint density at radius 3 is 1.79 bits per heavy atom. The number of rotatable bonds is 5. The zero-order valence-corrected chi connectivity index (χ0v) is 9.90. The number of benzene rings is 1. The summed E-state index contributed by atoms with van der Waals surface area (Å²) in [7, 11) is 0.